The van der Waals surface area contributed by atoms with Crippen LogP contribution in [0.1, 0.15) is 80.8 Å². The summed E-state index contributed by atoms with van der Waals surface area (Å²) in [6.07, 6.45) is 3.03. The molecule has 0 bridgehead atoms. The Morgan fingerprint density at radius 2 is 1.76 bits per heavy atom. The first-order chi connectivity index (χ1) is 18.0. The fourth-order valence-corrected chi connectivity index (χ4v) is 4.60. The number of amides is 2. The molecule has 206 valence electrons. The van der Waals surface area contributed by atoms with Gasteiger partial charge in [-0.15, -0.1) is 5.10 Å². The summed E-state index contributed by atoms with van der Waals surface area (Å²) in [6, 6.07) is 3.83. The molecule has 12 heteroatoms. The lowest BCUT2D eigenvalue weighted by atomic mass is 9.83. The molecule has 0 radical (unpaired) electrons. The van der Waals surface area contributed by atoms with Crippen LogP contribution in [0.5, 0.6) is 0 Å². The van der Waals surface area contributed by atoms with Crippen LogP contribution in [-0.4, -0.2) is 44.4 Å². The largest absolute Gasteiger partial charge is 0.437 e. The van der Waals surface area contributed by atoms with Gasteiger partial charge in [0, 0.05) is 23.7 Å². The van der Waals surface area contributed by atoms with E-state index in [1.165, 1.54) is 24.3 Å². The molecule has 1 aromatic heterocycles. The zero-order valence-electron chi connectivity index (χ0n) is 22.1. The highest BCUT2D eigenvalue weighted by atomic mass is 16.6. The minimum absolute atomic E-state index is 0.0534. The number of nitro benzene ring substituents is 1. The average molecular weight is 530 g/mol. The number of nitrogens with one attached hydrogen (secondary N) is 2. The van der Waals surface area contributed by atoms with Gasteiger partial charge in [0.2, 0.25) is 11.7 Å². The number of non-ortho nitro benzene ring substituents is 1. The van der Waals surface area contributed by atoms with Crippen LogP contribution in [0.4, 0.5) is 5.69 Å². The number of Topliss-reactive ketones (excluding diaryl/α,β-unsaturated/α-hetero) is 1. The molecule has 2 aromatic rings. The highest BCUT2D eigenvalue weighted by molar-refractivity contribution is 5.99. The van der Waals surface area contributed by atoms with Gasteiger partial charge >= 0.3 is 5.76 Å². The first-order valence-corrected chi connectivity index (χ1v) is 12.9. The number of nitro groups is 1. The number of aromatic nitrogens is 2. The van der Waals surface area contributed by atoms with Gasteiger partial charge in [-0.25, -0.2) is 4.79 Å². The summed E-state index contributed by atoms with van der Waals surface area (Å²) >= 11 is 0. The van der Waals surface area contributed by atoms with Crippen molar-refractivity contribution in [2.45, 2.75) is 78.4 Å². The highest BCUT2D eigenvalue weighted by Gasteiger charge is 2.36. The smallest absolute Gasteiger partial charge is 0.384 e. The topological polar surface area (TPSA) is 166 Å². The van der Waals surface area contributed by atoms with Crippen LogP contribution in [0.25, 0.3) is 0 Å². The molecule has 1 saturated carbocycles. The van der Waals surface area contributed by atoms with Crippen molar-refractivity contribution in [3.8, 4) is 0 Å². The fraction of sp³-hybridized carbons (Fsp3) is 0.577. The molecule has 12 nitrogen and oxygen atoms in total. The summed E-state index contributed by atoms with van der Waals surface area (Å²) in [5, 5.41) is 20.6. The van der Waals surface area contributed by atoms with E-state index in [2.05, 4.69) is 15.7 Å². The molecule has 0 saturated heterocycles. The number of benzene rings is 1. The SMILES string of the molecule is CC(C)CC(NC(=O)[C@@H]1CCCC[C@@H]1NC(=O)c1ccc([N+](=O)[O-])cc1)C(=O)c1nn(CC(C)C)c(=O)o1. The van der Waals surface area contributed by atoms with Crippen molar-refractivity contribution in [1.29, 1.82) is 0 Å². The van der Waals surface area contributed by atoms with Crippen LogP contribution in [0.15, 0.2) is 33.5 Å². The summed E-state index contributed by atoms with van der Waals surface area (Å²) in [7, 11) is 0. The Morgan fingerprint density at radius 3 is 2.37 bits per heavy atom. The van der Waals surface area contributed by atoms with Gasteiger partial charge in [-0.1, -0.05) is 40.5 Å². The lowest BCUT2D eigenvalue weighted by Gasteiger charge is -2.32. The molecule has 1 aliphatic rings. The predicted octanol–water partition coefficient (Wildman–Crippen LogP) is 3.10. The molecule has 2 amide bonds. The Kier molecular flexibility index (Phi) is 9.54. The normalized spacial score (nSPS) is 18.3. The first-order valence-electron chi connectivity index (χ1n) is 12.9. The van der Waals surface area contributed by atoms with Crippen LogP contribution >= 0.6 is 0 Å². The van der Waals surface area contributed by atoms with Crippen molar-refractivity contribution in [2.24, 2.45) is 17.8 Å². The Bertz CT molecular complexity index is 1220. The van der Waals surface area contributed by atoms with Crippen molar-refractivity contribution < 1.29 is 23.7 Å². The van der Waals surface area contributed by atoms with E-state index in [9.17, 15) is 29.3 Å². The number of carbonyl (C=O) groups is 3. The Balaban J connectivity index is 1.73. The van der Waals surface area contributed by atoms with E-state index in [4.69, 9.17) is 4.42 Å². The third-order valence-corrected chi connectivity index (χ3v) is 6.45. The number of hydrogen-bond acceptors (Lipinski definition) is 8. The predicted molar refractivity (Wildman–Crippen MR) is 138 cm³/mol. The monoisotopic (exact) mass is 529 g/mol. The zero-order valence-corrected chi connectivity index (χ0v) is 22.1. The van der Waals surface area contributed by atoms with Crippen molar-refractivity contribution in [3.05, 3.63) is 56.4 Å². The van der Waals surface area contributed by atoms with Crippen LogP contribution in [0.3, 0.4) is 0 Å². The van der Waals surface area contributed by atoms with E-state index in [1.54, 1.807) is 0 Å². The molecule has 1 heterocycles. The lowest BCUT2D eigenvalue weighted by Crippen LogP contribution is -2.52. The molecule has 3 rings (SSSR count). The summed E-state index contributed by atoms with van der Waals surface area (Å²) < 4.78 is 6.22. The highest BCUT2D eigenvalue weighted by Crippen LogP contribution is 2.26. The molecule has 3 atom stereocenters. The van der Waals surface area contributed by atoms with Gasteiger partial charge in [-0.2, -0.15) is 4.68 Å². The molecule has 1 aliphatic carbocycles. The van der Waals surface area contributed by atoms with E-state index < -0.39 is 40.4 Å². The Morgan fingerprint density at radius 1 is 1.11 bits per heavy atom. The fourth-order valence-electron chi connectivity index (χ4n) is 4.60. The summed E-state index contributed by atoms with van der Waals surface area (Å²) in [5.74, 6) is -2.84. The number of hydrogen-bond donors (Lipinski definition) is 2. The second-order valence-electron chi connectivity index (χ2n) is 10.6. The molecule has 2 N–H and O–H groups in total. The molecular weight excluding hydrogens is 494 g/mol. The van der Waals surface area contributed by atoms with Crippen molar-refractivity contribution in [3.63, 3.8) is 0 Å². The van der Waals surface area contributed by atoms with E-state index in [0.29, 0.717) is 25.8 Å². The van der Waals surface area contributed by atoms with Gasteiger partial charge in [0.25, 0.3) is 17.5 Å². The Hall–Kier alpha value is -3.83. The van der Waals surface area contributed by atoms with Gasteiger partial charge in [0.05, 0.1) is 23.4 Å². The third-order valence-electron chi connectivity index (χ3n) is 6.45. The van der Waals surface area contributed by atoms with Crippen LogP contribution in [0, 0.1) is 27.9 Å². The minimum Gasteiger partial charge on any atom is -0.384 e. The zero-order chi connectivity index (χ0) is 28.0. The van der Waals surface area contributed by atoms with Crippen LogP contribution < -0.4 is 16.4 Å². The molecule has 1 fully saturated rings. The summed E-state index contributed by atoms with van der Waals surface area (Å²) in [5.41, 5.74) is 0.127. The van der Waals surface area contributed by atoms with Gasteiger partial charge in [-0.05, 0) is 43.2 Å². The number of ketones is 1. The van der Waals surface area contributed by atoms with Crippen molar-refractivity contribution in [1.82, 2.24) is 20.4 Å². The lowest BCUT2D eigenvalue weighted by molar-refractivity contribution is -0.384. The maximum atomic E-state index is 13.4. The van der Waals surface area contributed by atoms with Crippen molar-refractivity contribution in [2.75, 3.05) is 0 Å². The molecule has 38 heavy (non-hydrogen) atoms. The van der Waals surface area contributed by atoms with Crippen LogP contribution in [-0.2, 0) is 11.3 Å². The van der Waals surface area contributed by atoms with Gasteiger partial charge < -0.3 is 15.1 Å². The second kappa shape index (κ2) is 12.6. The van der Waals surface area contributed by atoms with E-state index in [1.807, 2.05) is 27.7 Å². The van der Waals surface area contributed by atoms with Gasteiger partial charge in [-0.3, -0.25) is 24.5 Å². The summed E-state index contributed by atoms with van der Waals surface area (Å²) in [4.78, 5) is 61.9. The number of nitrogens with zero attached hydrogens (tertiary/aromatic N) is 3. The van der Waals surface area contributed by atoms with E-state index in [-0.39, 0.29) is 34.9 Å². The van der Waals surface area contributed by atoms with Crippen LogP contribution in [0.2, 0.25) is 0 Å². The maximum absolute atomic E-state index is 13.4. The Labute approximate surface area is 220 Å². The second-order valence-corrected chi connectivity index (χ2v) is 10.6. The molecular formula is C26H35N5O7. The third kappa shape index (κ3) is 7.36. The summed E-state index contributed by atoms with van der Waals surface area (Å²) in [6.45, 7) is 7.94. The minimum atomic E-state index is -0.944. The average Bonchev–Trinajstić information content (AvgIpc) is 3.22. The molecule has 0 aliphatic heterocycles. The van der Waals surface area contributed by atoms with Gasteiger partial charge in [0.15, 0.2) is 0 Å². The standard InChI is InChI=1S/C26H35N5O7/c1-15(2)13-21(22(32)25-29-30(14-16(3)4)26(35)38-25)28-24(34)19-7-5-6-8-20(19)27-23(33)17-9-11-18(12-10-17)31(36)37/h9-12,15-16,19-21H,5-8,13-14H2,1-4H3,(H,27,33)(H,28,34)/t19-,20+,21?/m1/s1. The van der Waals surface area contributed by atoms with E-state index >= 15 is 0 Å². The molecule has 1 aromatic carbocycles. The first kappa shape index (κ1) is 28.7. The van der Waals surface area contributed by atoms with Gasteiger partial charge in [0.1, 0.15) is 0 Å². The number of rotatable bonds is 11. The van der Waals surface area contributed by atoms with E-state index in [0.717, 1.165) is 17.5 Å². The number of carbonyl (C=O) groups excluding carboxylic acids is 3. The quantitative estimate of drug-likeness (QED) is 0.254. The molecule has 0 spiro atoms. The van der Waals surface area contributed by atoms with Crippen molar-refractivity contribution >= 4 is 23.3 Å². The maximum Gasteiger partial charge on any atom is 0.437 e. The molecule has 1 unspecified atom stereocenters.